The van der Waals surface area contributed by atoms with Gasteiger partial charge in [-0.3, -0.25) is 4.79 Å². The summed E-state index contributed by atoms with van der Waals surface area (Å²) in [5, 5.41) is 7.57. The Labute approximate surface area is 161 Å². The summed E-state index contributed by atoms with van der Waals surface area (Å²) in [4.78, 5) is 13.6. The molecule has 1 heterocycles. The van der Waals surface area contributed by atoms with E-state index in [-0.39, 0.29) is 5.91 Å². The maximum Gasteiger partial charge on any atom is 0.252 e. The largest absolute Gasteiger partial charge is 0.361 e. The molecule has 0 bridgehead atoms. The average molecular weight is 387 g/mol. The van der Waals surface area contributed by atoms with Crippen LogP contribution in [0.2, 0.25) is 5.02 Å². The van der Waals surface area contributed by atoms with E-state index in [2.05, 4.69) is 10.5 Å². The Morgan fingerprint density at radius 1 is 1.15 bits per heavy atom. The van der Waals surface area contributed by atoms with Crippen molar-refractivity contribution in [2.24, 2.45) is 0 Å². The van der Waals surface area contributed by atoms with Crippen LogP contribution in [0, 0.1) is 13.8 Å². The van der Waals surface area contributed by atoms with Crippen LogP contribution in [0.1, 0.15) is 32.9 Å². The number of nitrogens with one attached hydrogen (secondary N) is 1. The molecular weight excluding hydrogens is 368 g/mol. The van der Waals surface area contributed by atoms with Gasteiger partial charge in [-0.1, -0.05) is 47.1 Å². The molecule has 0 aliphatic heterocycles. The standard InChI is InChI=1S/C20H19ClN2O2S/c1-13-17(14(2)25-23-13)12-26-19-10-6-4-8-16(19)20(24)22-11-15-7-3-5-9-18(15)21/h3-10H,11-12H2,1-2H3,(H,22,24). The van der Waals surface area contributed by atoms with E-state index in [0.717, 1.165) is 27.5 Å². The first-order chi connectivity index (χ1) is 12.6. The average Bonchev–Trinajstić information content (AvgIpc) is 2.97. The van der Waals surface area contributed by atoms with Crippen molar-refractivity contribution in [2.45, 2.75) is 31.0 Å². The SMILES string of the molecule is Cc1noc(C)c1CSc1ccccc1C(=O)NCc1ccccc1Cl. The van der Waals surface area contributed by atoms with Gasteiger partial charge in [0.05, 0.1) is 11.3 Å². The van der Waals surface area contributed by atoms with Crippen molar-refractivity contribution in [3.8, 4) is 0 Å². The quantitative estimate of drug-likeness (QED) is 0.594. The fourth-order valence-electron chi connectivity index (χ4n) is 2.55. The number of benzene rings is 2. The maximum absolute atomic E-state index is 12.6. The van der Waals surface area contributed by atoms with Gasteiger partial charge in [-0.15, -0.1) is 11.8 Å². The van der Waals surface area contributed by atoms with E-state index >= 15 is 0 Å². The Morgan fingerprint density at radius 2 is 1.88 bits per heavy atom. The van der Waals surface area contributed by atoms with E-state index in [1.54, 1.807) is 11.8 Å². The van der Waals surface area contributed by atoms with Gasteiger partial charge in [-0.25, -0.2) is 0 Å². The number of carbonyl (C=O) groups excluding carboxylic acids is 1. The van der Waals surface area contributed by atoms with Gasteiger partial charge in [0.2, 0.25) is 0 Å². The van der Waals surface area contributed by atoms with E-state index in [9.17, 15) is 4.79 Å². The lowest BCUT2D eigenvalue weighted by atomic mass is 10.2. The Kier molecular flexibility index (Phi) is 6.01. The summed E-state index contributed by atoms with van der Waals surface area (Å²) < 4.78 is 5.21. The molecule has 1 aromatic heterocycles. The van der Waals surface area contributed by atoms with Crippen molar-refractivity contribution in [2.75, 3.05) is 0 Å². The van der Waals surface area contributed by atoms with Crippen molar-refractivity contribution in [1.29, 1.82) is 0 Å². The molecule has 3 aromatic rings. The normalized spacial score (nSPS) is 10.7. The number of rotatable bonds is 6. The van der Waals surface area contributed by atoms with Crippen LogP contribution in [0.4, 0.5) is 0 Å². The number of halogens is 1. The molecule has 134 valence electrons. The lowest BCUT2D eigenvalue weighted by molar-refractivity contribution is 0.0948. The summed E-state index contributed by atoms with van der Waals surface area (Å²) in [6, 6.07) is 15.1. The minimum atomic E-state index is -0.119. The minimum absolute atomic E-state index is 0.119. The number of aryl methyl sites for hydroxylation is 2. The van der Waals surface area contributed by atoms with Gasteiger partial charge in [0.1, 0.15) is 5.76 Å². The third-order valence-electron chi connectivity index (χ3n) is 4.08. The number of thioether (sulfide) groups is 1. The van der Waals surface area contributed by atoms with Crippen molar-refractivity contribution >= 4 is 29.3 Å². The molecule has 0 fully saturated rings. The zero-order valence-corrected chi connectivity index (χ0v) is 16.2. The fraction of sp³-hybridized carbons (Fsp3) is 0.200. The van der Waals surface area contributed by atoms with Gasteiger partial charge >= 0.3 is 0 Å². The summed E-state index contributed by atoms with van der Waals surface area (Å²) in [5.74, 6) is 1.40. The van der Waals surface area contributed by atoms with Crippen molar-refractivity contribution in [3.63, 3.8) is 0 Å². The molecule has 0 saturated heterocycles. The van der Waals surface area contributed by atoms with Crippen LogP contribution in [0.15, 0.2) is 57.9 Å². The van der Waals surface area contributed by atoms with Gasteiger partial charge < -0.3 is 9.84 Å². The second-order valence-corrected chi connectivity index (χ2v) is 7.29. The summed E-state index contributed by atoms with van der Waals surface area (Å²) in [5.41, 5.74) is 3.50. The van der Waals surface area contributed by atoms with Crippen molar-refractivity contribution < 1.29 is 9.32 Å². The van der Waals surface area contributed by atoms with Crippen molar-refractivity contribution in [1.82, 2.24) is 10.5 Å². The van der Waals surface area contributed by atoms with Gasteiger partial charge in [0.15, 0.2) is 0 Å². The predicted molar refractivity (Wildman–Crippen MR) is 105 cm³/mol. The lowest BCUT2D eigenvalue weighted by Crippen LogP contribution is -2.23. The number of hydrogen-bond acceptors (Lipinski definition) is 4. The highest BCUT2D eigenvalue weighted by molar-refractivity contribution is 7.98. The molecular formula is C20H19ClN2O2S. The first-order valence-corrected chi connectivity index (χ1v) is 9.58. The van der Waals surface area contributed by atoms with Gasteiger partial charge in [0, 0.05) is 27.8 Å². The van der Waals surface area contributed by atoms with Gasteiger partial charge in [-0.05, 0) is 37.6 Å². The molecule has 1 amide bonds. The predicted octanol–water partition coefficient (Wildman–Crippen LogP) is 5.17. The zero-order valence-electron chi connectivity index (χ0n) is 14.6. The van der Waals surface area contributed by atoms with Gasteiger partial charge in [0.25, 0.3) is 5.91 Å². The Hall–Kier alpha value is -2.24. The smallest absolute Gasteiger partial charge is 0.252 e. The molecule has 0 saturated carbocycles. The van der Waals surface area contributed by atoms with Crippen LogP contribution >= 0.6 is 23.4 Å². The summed E-state index contributed by atoms with van der Waals surface area (Å²) in [7, 11) is 0. The van der Waals surface area contributed by atoms with E-state index in [4.69, 9.17) is 16.1 Å². The van der Waals surface area contributed by atoms with Crippen LogP contribution in [0.5, 0.6) is 0 Å². The second-order valence-electron chi connectivity index (χ2n) is 5.86. The van der Waals surface area contributed by atoms with Gasteiger partial charge in [-0.2, -0.15) is 0 Å². The monoisotopic (exact) mass is 386 g/mol. The third-order valence-corrected chi connectivity index (χ3v) is 5.55. The molecule has 2 aromatic carbocycles. The number of hydrogen-bond donors (Lipinski definition) is 1. The number of aromatic nitrogens is 1. The lowest BCUT2D eigenvalue weighted by Gasteiger charge is -2.10. The van der Waals surface area contributed by atoms with Crippen LogP contribution in [0.25, 0.3) is 0 Å². The molecule has 6 heteroatoms. The molecule has 0 spiro atoms. The highest BCUT2D eigenvalue weighted by Crippen LogP contribution is 2.29. The minimum Gasteiger partial charge on any atom is -0.361 e. The highest BCUT2D eigenvalue weighted by Gasteiger charge is 2.14. The molecule has 1 N–H and O–H groups in total. The van der Waals surface area contributed by atoms with Crippen LogP contribution in [-0.2, 0) is 12.3 Å². The summed E-state index contributed by atoms with van der Waals surface area (Å²) in [6.45, 7) is 4.22. The van der Waals surface area contributed by atoms with E-state index < -0.39 is 0 Å². The zero-order chi connectivity index (χ0) is 18.5. The first-order valence-electron chi connectivity index (χ1n) is 8.21. The number of nitrogens with zero attached hydrogens (tertiary/aromatic N) is 1. The number of amides is 1. The van der Waals surface area contributed by atoms with Crippen molar-refractivity contribution in [3.05, 3.63) is 81.7 Å². The summed E-state index contributed by atoms with van der Waals surface area (Å²) >= 11 is 7.75. The molecule has 4 nitrogen and oxygen atoms in total. The molecule has 3 rings (SSSR count). The molecule has 26 heavy (non-hydrogen) atoms. The van der Waals surface area contributed by atoms with E-state index in [1.807, 2.05) is 62.4 Å². The first kappa shape index (κ1) is 18.5. The maximum atomic E-state index is 12.6. The van der Waals surface area contributed by atoms with E-state index in [1.165, 1.54) is 0 Å². The third kappa shape index (κ3) is 4.29. The van der Waals surface area contributed by atoms with Crippen LogP contribution in [0.3, 0.4) is 0 Å². The molecule has 0 aliphatic carbocycles. The topological polar surface area (TPSA) is 55.1 Å². The Bertz CT molecular complexity index is 904. The fourth-order valence-corrected chi connectivity index (χ4v) is 3.96. The van der Waals surface area contributed by atoms with Crippen LogP contribution < -0.4 is 5.32 Å². The molecule has 0 unspecified atom stereocenters. The second kappa shape index (κ2) is 8.43. The highest BCUT2D eigenvalue weighted by atomic mass is 35.5. The molecule has 0 radical (unpaired) electrons. The van der Waals surface area contributed by atoms with E-state index in [0.29, 0.717) is 22.9 Å². The molecule has 0 aliphatic rings. The van der Waals surface area contributed by atoms with Crippen LogP contribution in [-0.4, -0.2) is 11.1 Å². The summed E-state index contributed by atoms with van der Waals surface area (Å²) in [6.07, 6.45) is 0. The number of carbonyl (C=O) groups is 1. The Morgan fingerprint density at radius 3 is 2.62 bits per heavy atom. The Balaban J connectivity index is 1.70. The molecule has 0 atom stereocenters.